The zero-order chi connectivity index (χ0) is 14.8. The van der Waals surface area contributed by atoms with Gasteiger partial charge in [0, 0.05) is 32.8 Å². The lowest BCUT2D eigenvalue weighted by molar-refractivity contribution is -0.151. The fraction of sp³-hybridized carbons (Fsp3) is 0.941. The molecule has 1 aliphatic carbocycles. The molecule has 0 aromatic rings. The molecule has 0 aromatic carbocycles. The van der Waals surface area contributed by atoms with Crippen LogP contribution in [0.5, 0.6) is 0 Å². The van der Waals surface area contributed by atoms with Gasteiger partial charge in [-0.1, -0.05) is 19.3 Å². The smallest absolute Gasteiger partial charge is 0.230 e. The third kappa shape index (κ3) is 3.44. The van der Waals surface area contributed by atoms with Crippen LogP contribution in [0.4, 0.5) is 0 Å². The first-order valence-corrected chi connectivity index (χ1v) is 8.77. The minimum atomic E-state index is -0.342. The number of hydrogen-bond donors (Lipinski definition) is 1. The van der Waals surface area contributed by atoms with Crippen LogP contribution >= 0.6 is 12.4 Å². The van der Waals surface area contributed by atoms with Crippen LogP contribution in [0.1, 0.15) is 57.8 Å². The van der Waals surface area contributed by atoms with Crippen LogP contribution < -0.4 is 5.73 Å². The molecule has 3 rings (SSSR count). The highest BCUT2D eigenvalue weighted by Crippen LogP contribution is 2.44. The van der Waals surface area contributed by atoms with E-state index in [9.17, 15) is 4.79 Å². The van der Waals surface area contributed by atoms with Gasteiger partial charge in [-0.2, -0.15) is 0 Å². The van der Waals surface area contributed by atoms with Crippen molar-refractivity contribution in [1.82, 2.24) is 4.90 Å². The molecule has 4 nitrogen and oxygen atoms in total. The summed E-state index contributed by atoms with van der Waals surface area (Å²) in [5.74, 6) is 0.318. The van der Waals surface area contributed by atoms with E-state index < -0.39 is 0 Å². The average molecular weight is 331 g/mol. The van der Waals surface area contributed by atoms with Crippen LogP contribution in [-0.2, 0) is 9.53 Å². The van der Waals surface area contributed by atoms with Crippen molar-refractivity contribution in [2.75, 3.05) is 32.8 Å². The van der Waals surface area contributed by atoms with E-state index >= 15 is 0 Å². The maximum Gasteiger partial charge on any atom is 0.230 e. The Balaban J connectivity index is 0.00000176. The molecular weight excluding hydrogens is 300 g/mol. The highest BCUT2D eigenvalue weighted by molar-refractivity contribution is 5.85. The lowest BCUT2D eigenvalue weighted by atomic mass is 9.68. The average Bonchev–Trinajstić information content (AvgIpc) is 2.55. The second kappa shape index (κ2) is 7.50. The van der Waals surface area contributed by atoms with Gasteiger partial charge in [-0.25, -0.2) is 0 Å². The van der Waals surface area contributed by atoms with Crippen molar-refractivity contribution < 1.29 is 9.53 Å². The van der Waals surface area contributed by atoms with Crippen molar-refractivity contribution in [2.45, 2.75) is 57.8 Å². The molecule has 3 fully saturated rings. The Hall–Kier alpha value is -0.320. The number of likely N-dealkylation sites (tertiary alicyclic amines) is 1. The monoisotopic (exact) mass is 330 g/mol. The van der Waals surface area contributed by atoms with Crippen molar-refractivity contribution in [3.05, 3.63) is 0 Å². The molecule has 0 bridgehead atoms. The minimum Gasteiger partial charge on any atom is -0.381 e. The number of nitrogens with two attached hydrogens (primary N) is 1. The van der Waals surface area contributed by atoms with Crippen LogP contribution in [0.25, 0.3) is 0 Å². The molecule has 0 radical (unpaired) electrons. The first kappa shape index (κ1) is 18.0. The van der Waals surface area contributed by atoms with Crippen molar-refractivity contribution >= 4 is 18.3 Å². The fourth-order valence-corrected chi connectivity index (χ4v) is 4.69. The normalized spacial score (nSPS) is 27.2. The zero-order valence-electron chi connectivity index (χ0n) is 13.6. The number of rotatable bonds is 2. The molecule has 5 heteroatoms. The molecule has 3 aliphatic rings. The van der Waals surface area contributed by atoms with Crippen molar-refractivity contribution in [2.24, 2.45) is 16.6 Å². The topological polar surface area (TPSA) is 55.6 Å². The molecule has 2 aliphatic heterocycles. The van der Waals surface area contributed by atoms with E-state index in [1.807, 2.05) is 0 Å². The van der Waals surface area contributed by atoms with Gasteiger partial charge in [0.1, 0.15) is 0 Å². The largest absolute Gasteiger partial charge is 0.381 e. The van der Waals surface area contributed by atoms with E-state index in [1.54, 1.807) is 0 Å². The van der Waals surface area contributed by atoms with E-state index in [0.717, 1.165) is 25.9 Å². The molecule has 0 aromatic heterocycles. The maximum atomic E-state index is 13.1. The Morgan fingerprint density at radius 2 is 1.64 bits per heavy atom. The SMILES string of the molecule is Cl.NCC1(C(=O)N2CCCC3(CCCCC3)C2)CCOCC1. The molecule has 22 heavy (non-hydrogen) atoms. The Morgan fingerprint density at radius 3 is 2.27 bits per heavy atom. The van der Waals surface area contributed by atoms with Crippen molar-refractivity contribution in [3.63, 3.8) is 0 Å². The Kier molecular flexibility index (Phi) is 6.14. The third-order valence-electron chi connectivity index (χ3n) is 6.16. The molecule has 1 saturated carbocycles. The number of nitrogens with zero attached hydrogens (tertiary/aromatic N) is 1. The van der Waals surface area contributed by atoms with E-state index in [4.69, 9.17) is 10.5 Å². The van der Waals surface area contributed by atoms with Crippen molar-refractivity contribution in [3.8, 4) is 0 Å². The van der Waals surface area contributed by atoms with Gasteiger partial charge in [-0.15, -0.1) is 12.4 Å². The summed E-state index contributed by atoms with van der Waals surface area (Å²) >= 11 is 0. The van der Waals surface area contributed by atoms with E-state index in [0.29, 0.717) is 31.1 Å². The van der Waals surface area contributed by atoms with Gasteiger partial charge in [-0.3, -0.25) is 4.79 Å². The zero-order valence-corrected chi connectivity index (χ0v) is 14.5. The summed E-state index contributed by atoms with van der Waals surface area (Å²) in [5, 5.41) is 0. The summed E-state index contributed by atoms with van der Waals surface area (Å²) in [4.78, 5) is 15.3. The predicted molar refractivity (Wildman–Crippen MR) is 90.1 cm³/mol. The molecule has 2 N–H and O–H groups in total. The van der Waals surface area contributed by atoms with Gasteiger partial charge < -0.3 is 15.4 Å². The summed E-state index contributed by atoms with van der Waals surface area (Å²) in [6.07, 6.45) is 10.8. The number of carbonyl (C=O) groups excluding carboxylic acids is 1. The minimum absolute atomic E-state index is 0. The van der Waals surface area contributed by atoms with Gasteiger partial charge in [0.25, 0.3) is 0 Å². The van der Waals surface area contributed by atoms with Gasteiger partial charge >= 0.3 is 0 Å². The molecule has 2 heterocycles. The van der Waals surface area contributed by atoms with Gasteiger partial charge in [0.2, 0.25) is 5.91 Å². The summed E-state index contributed by atoms with van der Waals surface area (Å²) in [5.41, 5.74) is 6.09. The quantitative estimate of drug-likeness (QED) is 0.847. The Morgan fingerprint density at radius 1 is 1.00 bits per heavy atom. The van der Waals surface area contributed by atoms with Crippen LogP contribution in [0.2, 0.25) is 0 Å². The number of hydrogen-bond acceptors (Lipinski definition) is 3. The number of ether oxygens (including phenoxy) is 1. The van der Waals surface area contributed by atoms with E-state index in [1.165, 1.54) is 44.9 Å². The number of amides is 1. The summed E-state index contributed by atoms with van der Waals surface area (Å²) in [6, 6.07) is 0. The lowest BCUT2D eigenvalue weighted by Crippen LogP contribution is -2.55. The number of piperidine rings is 1. The molecule has 2 saturated heterocycles. The van der Waals surface area contributed by atoms with Gasteiger partial charge in [0.05, 0.1) is 5.41 Å². The molecule has 1 amide bonds. The highest BCUT2D eigenvalue weighted by Gasteiger charge is 2.45. The summed E-state index contributed by atoms with van der Waals surface area (Å²) < 4.78 is 5.45. The predicted octanol–water partition coefficient (Wildman–Crippen LogP) is 2.74. The Labute approximate surface area is 140 Å². The lowest BCUT2D eigenvalue weighted by Gasteiger charge is -2.48. The van der Waals surface area contributed by atoms with Gasteiger partial charge in [0.15, 0.2) is 0 Å². The molecule has 1 spiro atoms. The first-order valence-electron chi connectivity index (χ1n) is 8.77. The first-order chi connectivity index (χ1) is 10.2. The second-order valence-corrected chi connectivity index (χ2v) is 7.49. The van der Waals surface area contributed by atoms with Crippen LogP contribution in [-0.4, -0.2) is 43.7 Å². The third-order valence-corrected chi connectivity index (χ3v) is 6.16. The highest BCUT2D eigenvalue weighted by atomic mass is 35.5. The van der Waals surface area contributed by atoms with Crippen LogP contribution in [0, 0.1) is 10.8 Å². The van der Waals surface area contributed by atoms with Crippen LogP contribution in [0.3, 0.4) is 0 Å². The molecular formula is C17H31ClN2O2. The number of halogens is 1. The number of carbonyl (C=O) groups is 1. The molecule has 0 unspecified atom stereocenters. The van der Waals surface area contributed by atoms with Gasteiger partial charge in [-0.05, 0) is 43.9 Å². The standard InChI is InChI=1S/C17H30N2O2.ClH/c18-13-17(8-11-21-12-9-17)15(20)19-10-4-7-16(14-19)5-2-1-3-6-16;/h1-14,18H2;1H. The molecule has 0 atom stereocenters. The Bertz CT molecular complexity index is 371. The van der Waals surface area contributed by atoms with E-state index in [-0.39, 0.29) is 17.8 Å². The summed E-state index contributed by atoms with van der Waals surface area (Å²) in [7, 11) is 0. The summed E-state index contributed by atoms with van der Waals surface area (Å²) in [6.45, 7) is 3.75. The second-order valence-electron chi connectivity index (χ2n) is 7.49. The maximum absolute atomic E-state index is 13.1. The van der Waals surface area contributed by atoms with Crippen LogP contribution in [0.15, 0.2) is 0 Å². The molecule has 128 valence electrons. The van der Waals surface area contributed by atoms with E-state index in [2.05, 4.69) is 4.90 Å². The van der Waals surface area contributed by atoms with Crippen molar-refractivity contribution in [1.29, 1.82) is 0 Å². The fourth-order valence-electron chi connectivity index (χ4n) is 4.69.